The van der Waals surface area contributed by atoms with Crippen LogP contribution < -0.4 is 9.47 Å². The Labute approximate surface area is 209 Å². The second-order valence-corrected chi connectivity index (χ2v) is 9.42. The van der Waals surface area contributed by atoms with Crippen molar-refractivity contribution < 1.29 is 9.47 Å². The molecule has 1 atom stereocenters. The van der Waals surface area contributed by atoms with E-state index in [4.69, 9.17) is 9.47 Å². The van der Waals surface area contributed by atoms with Gasteiger partial charge in [0.15, 0.2) is 0 Å². The number of hydrogen-bond donors (Lipinski definition) is 0. The lowest BCUT2D eigenvalue weighted by molar-refractivity contribution is 0.206. The number of benzene rings is 2. The van der Waals surface area contributed by atoms with Crippen molar-refractivity contribution in [3.05, 3.63) is 54.1 Å². The van der Waals surface area contributed by atoms with Crippen LogP contribution in [0.25, 0.3) is 0 Å². The molecule has 0 fully saturated rings. The van der Waals surface area contributed by atoms with E-state index in [2.05, 4.69) is 37.9 Å². The van der Waals surface area contributed by atoms with Crippen LogP contribution in [0.5, 0.6) is 11.5 Å². The van der Waals surface area contributed by atoms with Gasteiger partial charge in [-0.1, -0.05) is 78.1 Å². The van der Waals surface area contributed by atoms with E-state index in [-0.39, 0.29) is 6.10 Å². The standard InChI is InChI=1S/C31H47NO2/c1-4-6-8-10-11-12-13-15-25-33-30-23-19-29(20-24-30)32-26-28-17-21-31(22-18-28)34-27(3)16-14-9-7-5-2/h17-24,26-27H,4-16,25H2,1-3H3/t27-/m0/s1. The van der Waals surface area contributed by atoms with Gasteiger partial charge in [0.05, 0.1) is 18.4 Å². The average Bonchev–Trinajstić information content (AvgIpc) is 2.86. The van der Waals surface area contributed by atoms with E-state index in [1.165, 1.54) is 70.6 Å². The van der Waals surface area contributed by atoms with Crippen LogP contribution in [-0.2, 0) is 0 Å². The summed E-state index contributed by atoms with van der Waals surface area (Å²) in [6.07, 6.45) is 18.9. The Balaban J connectivity index is 1.64. The molecule has 0 amide bonds. The molecule has 0 aromatic heterocycles. The van der Waals surface area contributed by atoms with Crippen LogP contribution >= 0.6 is 0 Å². The average molecular weight is 466 g/mol. The minimum Gasteiger partial charge on any atom is -0.494 e. The van der Waals surface area contributed by atoms with Gasteiger partial charge in [0.25, 0.3) is 0 Å². The normalized spacial score (nSPS) is 12.2. The highest BCUT2D eigenvalue weighted by molar-refractivity contribution is 5.82. The second-order valence-electron chi connectivity index (χ2n) is 9.42. The fraction of sp³-hybridized carbons (Fsp3) is 0.581. The van der Waals surface area contributed by atoms with Crippen molar-refractivity contribution in [2.24, 2.45) is 4.99 Å². The largest absolute Gasteiger partial charge is 0.494 e. The molecular formula is C31H47NO2. The molecule has 0 saturated heterocycles. The lowest BCUT2D eigenvalue weighted by Gasteiger charge is -2.14. The third kappa shape index (κ3) is 12.8. The molecule has 2 aromatic rings. The highest BCUT2D eigenvalue weighted by Crippen LogP contribution is 2.20. The summed E-state index contributed by atoms with van der Waals surface area (Å²) < 4.78 is 11.9. The van der Waals surface area contributed by atoms with Gasteiger partial charge in [-0.05, 0) is 80.3 Å². The van der Waals surface area contributed by atoms with Gasteiger partial charge in [0.2, 0.25) is 0 Å². The summed E-state index contributed by atoms with van der Waals surface area (Å²) in [5.41, 5.74) is 2.00. The van der Waals surface area contributed by atoms with Gasteiger partial charge in [-0.15, -0.1) is 0 Å². The van der Waals surface area contributed by atoms with Crippen LogP contribution in [0.2, 0.25) is 0 Å². The maximum absolute atomic E-state index is 6.04. The number of ether oxygens (including phenoxy) is 2. The molecule has 34 heavy (non-hydrogen) atoms. The third-order valence-corrected chi connectivity index (χ3v) is 6.15. The van der Waals surface area contributed by atoms with Gasteiger partial charge in [-0.3, -0.25) is 4.99 Å². The van der Waals surface area contributed by atoms with E-state index in [0.717, 1.165) is 42.2 Å². The Hall–Kier alpha value is -2.29. The van der Waals surface area contributed by atoms with Crippen molar-refractivity contribution in [3.8, 4) is 11.5 Å². The van der Waals surface area contributed by atoms with Crippen molar-refractivity contribution in [1.82, 2.24) is 0 Å². The van der Waals surface area contributed by atoms with E-state index in [1.54, 1.807) is 0 Å². The molecule has 188 valence electrons. The SMILES string of the molecule is CCCCCCCCCCOc1ccc(N=Cc2ccc(O[C@@H](C)CCCCCC)cc2)cc1. The second kappa shape index (κ2) is 18.1. The molecule has 2 aromatic carbocycles. The minimum atomic E-state index is 0.257. The summed E-state index contributed by atoms with van der Waals surface area (Å²) in [5.74, 6) is 1.85. The van der Waals surface area contributed by atoms with Gasteiger partial charge in [0.1, 0.15) is 11.5 Å². The summed E-state index contributed by atoms with van der Waals surface area (Å²) in [7, 11) is 0. The van der Waals surface area contributed by atoms with E-state index < -0.39 is 0 Å². The summed E-state index contributed by atoms with van der Waals surface area (Å²) in [6, 6.07) is 16.2. The first kappa shape index (κ1) is 28.0. The first-order chi connectivity index (χ1) is 16.7. The number of hydrogen-bond acceptors (Lipinski definition) is 3. The summed E-state index contributed by atoms with van der Waals surface area (Å²) in [6.45, 7) is 7.46. The third-order valence-electron chi connectivity index (χ3n) is 6.15. The van der Waals surface area contributed by atoms with E-state index in [1.807, 2.05) is 42.6 Å². The van der Waals surface area contributed by atoms with Gasteiger partial charge in [-0.2, -0.15) is 0 Å². The molecule has 0 spiro atoms. The fourth-order valence-corrected chi connectivity index (χ4v) is 3.99. The van der Waals surface area contributed by atoms with Crippen molar-refractivity contribution in [2.45, 2.75) is 110 Å². The maximum atomic E-state index is 6.04. The molecule has 0 bridgehead atoms. The Morgan fingerprint density at radius 2 is 1.24 bits per heavy atom. The van der Waals surface area contributed by atoms with Gasteiger partial charge >= 0.3 is 0 Å². The van der Waals surface area contributed by atoms with Crippen LogP contribution in [0, 0.1) is 0 Å². The minimum absolute atomic E-state index is 0.257. The fourth-order valence-electron chi connectivity index (χ4n) is 3.99. The molecule has 0 aliphatic heterocycles. The van der Waals surface area contributed by atoms with Crippen molar-refractivity contribution >= 4 is 11.9 Å². The molecular weight excluding hydrogens is 418 g/mol. The summed E-state index contributed by atoms with van der Waals surface area (Å²) in [4.78, 5) is 4.60. The summed E-state index contributed by atoms with van der Waals surface area (Å²) >= 11 is 0. The Morgan fingerprint density at radius 3 is 1.88 bits per heavy atom. The topological polar surface area (TPSA) is 30.8 Å². The zero-order valence-corrected chi connectivity index (χ0v) is 21.9. The van der Waals surface area contributed by atoms with Crippen LogP contribution in [0.15, 0.2) is 53.5 Å². The number of aliphatic imine (C=N–C) groups is 1. The van der Waals surface area contributed by atoms with E-state index in [0.29, 0.717) is 0 Å². The molecule has 0 radical (unpaired) electrons. The first-order valence-electron chi connectivity index (χ1n) is 13.7. The quantitative estimate of drug-likeness (QED) is 0.153. The molecule has 0 saturated carbocycles. The van der Waals surface area contributed by atoms with Crippen molar-refractivity contribution in [1.29, 1.82) is 0 Å². The van der Waals surface area contributed by atoms with Gasteiger partial charge < -0.3 is 9.47 Å². The van der Waals surface area contributed by atoms with Crippen LogP contribution in [0.4, 0.5) is 5.69 Å². The molecule has 0 unspecified atom stereocenters. The van der Waals surface area contributed by atoms with Crippen LogP contribution in [0.1, 0.15) is 110 Å². The first-order valence-corrected chi connectivity index (χ1v) is 13.7. The lowest BCUT2D eigenvalue weighted by Crippen LogP contribution is -2.11. The molecule has 3 heteroatoms. The molecule has 2 rings (SSSR count). The molecule has 0 heterocycles. The van der Waals surface area contributed by atoms with Crippen molar-refractivity contribution in [3.63, 3.8) is 0 Å². The molecule has 3 nitrogen and oxygen atoms in total. The van der Waals surface area contributed by atoms with Gasteiger partial charge in [-0.25, -0.2) is 0 Å². The highest BCUT2D eigenvalue weighted by Gasteiger charge is 2.04. The maximum Gasteiger partial charge on any atom is 0.119 e. The van der Waals surface area contributed by atoms with Crippen LogP contribution in [-0.4, -0.2) is 18.9 Å². The number of nitrogens with zero attached hydrogens (tertiary/aromatic N) is 1. The van der Waals surface area contributed by atoms with E-state index in [9.17, 15) is 0 Å². The predicted octanol–water partition coefficient (Wildman–Crippen LogP) is 9.69. The highest BCUT2D eigenvalue weighted by atomic mass is 16.5. The molecule has 0 aliphatic rings. The Morgan fingerprint density at radius 1 is 0.676 bits per heavy atom. The predicted molar refractivity (Wildman–Crippen MR) is 147 cm³/mol. The monoisotopic (exact) mass is 465 g/mol. The smallest absolute Gasteiger partial charge is 0.119 e. The molecule has 0 aliphatic carbocycles. The lowest BCUT2D eigenvalue weighted by atomic mass is 10.1. The number of unbranched alkanes of at least 4 members (excludes halogenated alkanes) is 10. The van der Waals surface area contributed by atoms with Gasteiger partial charge in [0, 0.05) is 6.21 Å². The van der Waals surface area contributed by atoms with Crippen LogP contribution in [0.3, 0.4) is 0 Å². The Kier molecular flexibility index (Phi) is 14.9. The Bertz CT molecular complexity index is 767. The zero-order valence-electron chi connectivity index (χ0n) is 21.9. The number of rotatable bonds is 19. The summed E-state index contributed by atoms with van der Waals surface area (Å²) in [5, 5.41) is 0. The zero-order chi connectivity index (χ0) is 24.3. The van der Waals surface area contributed by atoms with E-state index >= 15 is 0 Å². The molecule has 0 N–H and O–H groups in total. The van der Waals surface area contributed by atoms with Crippen molar-refractivity contribution in [2.75, 3.05) is 6.61 Å².